The van der Waals surface area contributed by atoms with Crippen molar-refractivity contribution in [3.8, 4) is 6.07 Å². The first-order valence-corrected chi connectivity index (χ1v) is 10.7. The van der Waals surface area contributed by atoms with Crippen LogP contribution in [0.25, 0.3) is 0 Å². The van der Waals surface area contributed by atoms with Crippen LogP contribution in [0.1, 0.15) is 30.9 Å². The van der Waals surface area contributed by atoms with E-state index >= 15 is 0 Å². The van der Waals surface area contributed by atoms with Gasteiger partial charge in [0, 0.05) is 25.8 Å². The summed E-state index contributed by atoms with van der Waals surface area (Å²) in [5, 5.41) is 9.22. The highest BCUT2D eigenvalue weighted by atomic mass is 32.2. The number of hydrogen-bond acceptors (Lipinski definition) is 5. The third-order valence-electron chi connectivity index (χ3n) is 5.03. The molecule has 142 valence electrons. The van der Waals surface area contributed by atoms with Gasteiger partial charge in [0.05, 0.1) is 10.5 Å². The molecule has 1 saturated heterocycles. The Morgan fingerprint density at radius 3 is 2.56 bits per heavy atom. The Balaban J connectivity index is 1.55. The number of nitriles is 1. The first-order valence-electron chi connectivity index (χ1n) is 9.22. The molecule has 2 aromatic rings. The van der Waals surface area contributed by atoms with Crippen molar-refractivity contribution in [3.63, 3.8) is 0 Å². The molecule has 0 saturated carbocycles. The number of aromatic nitrogens is 1. The van der Waals surface area contributed by atoms with Gasteiger partial charge in [-0.3, -0.25) is 0 Å². The van der Waals surface area contributed by atoms with Crippen molar-refractivity contribution in [3.05, 3.63) is 53.7 Å². The van der Waals surface area contributed by atoms with Crippen molar-refractivity contribution in [1.29, 1.82) is 5.26 Å². The van der Waals surface area contributed by atoms with E-state index in [4.69, 9.17) is 0 Å². The number of nitrogens with one attached hydrogen (secondary N) is 1. The summed E-state index contributed by atoms with van der Waals surface area (Å²) < 4.78 is 27.7. The van der Waals surface area contributed by atoms with Crippen molar-refractivity contribution >= 4 is 15.8 Å². The lowest BCUT2D eigenvalue weighted by Crippen LogP contribution is -2.39. The quantitative estimate of drug-likeness (QED) is 0.827. The van der Waals surface area contributed by atoms with Crippen LogP contribution in [0.3, 0.4) is 0 Å². The number of hydrogen-bond donors (Lipinski definition) is 1. The van der Waals surface area contributed by atoms with Crippen molar-refractivity contribution in [2.24, 2.45) is 5.92 Å². The van der Waals surface area contributed by atoms with E-state index in [0.717, 1.165) is 43.7 Å². The highest BCUT2D eigenvalue weighted by molar-refractivity contribution is 7.89. The molecule has 0 bridgehead atoms. The highest BCUT2D eigenvalue weighted by Crippen LogP contribution is 2.24. The lowest BCUT2D eigenvalue weighted by Gasteiger charge is -2.33. The molecule has 0 aliphatic carbocycles. The summed E-state index contributed by atoms with van der Waals surface area (Å²) in [6, 6.07) is 12.7. The Hall–Kier alpha value is -2.43. The first-order chi connectivity index (χ1) is 13.0. The Labute approximate surface area is 160 Å². The van der Waals surface area contributed by atoms with Gasteiger partial charge in [0.1, 0.15) is 11.9 Å². The van der Waals surface area contributed by atoms with Gasteiger partial charge in [-0.05, 0) is 55.0 Å². The standard InChI is InChI=1S/C20H24N4O2S/c1-2-16-5-7-19(8-6-16)27(25,26)23-15-17-9-12-24(13-10-17)20-18(14-21)4-3-11-22-20/h3-8,11,17,23H,2,9-10,12-13,15H2,1H3. The van der Waals surface area contributed by atoms with Crippen LogP contribution in [0.15, 0.2) is 47.5 Å². The molecule has 0 unspecified atom stereocenters. The van der Waals surface area contributed by atoms with Gasteiger partial charge < -0.3 is 4.90 Å². The minimum absolute atomic E-state index is 0.278. The number of sulfonamides is 1. The summed E-state index contributed by atoms with van der Waals surface area (Å²) in [7, 11) is -3.48. The maximum Gasteiger partial charge on any atom is 0.240 e. The van der Waals surface area contributed by atoms with Crippen LogP contribution in [0.2, 0.25) is 0 Å². The lowest BCUT2D eigenvalue weighted by molar-refractivity contribution is 0.400. The van der Waals surface area contributed by atoms with E-state index in [-0.39, 0.29) is 5.92 Å². The molecule has 1 N–H and O–H groups in total. The van der Waals surface area contributed by atoms with Gasteiger partial charge in [0.15, 0.2) is 0 Å². The maximum atomic E-state index is 12.5. The van der Waals surface area contributed by atoms with Gasteiger partial charge in [-0.2, -0.15) is 5.26 Å². The molecule has 2 heterocycles. The number of rotatable bonds is 6. The van der Waals surface area contributed by atoms with Gasteiger partial charge in [-0.1, -0.05) is 19.1 Å². The summed E-state index contributed by atoms with van der Waals surface area (Å²) in [5.41, 5.74) is 1.69. The minimum atomic E-state index is -3.48. The monoisotopic (exact) mass is 384 g/mol. The molecule has 27 heavy (non-hydrogen) atoms. The molecular weight excluding hydrogens is 360 g/mol. The van der Waals surface area contributed by atoms with Crippen LogP contribution in [0, 0.1) is 17.2 Å². The van der Waals surface area contributed by atoms with Gasteiger partial charge in [0.2, 0.25) is 10.0 Å². The molecule has 0 radical (unpaired) electrons. The largest absolute Gasteiger partial charge is 0.356 e. The Kier molecular flexibility index (Phi) is 6.09. The summed E-state index contributed by atoms with van der Waals surface area (Å²) in [6.45, 7) is 4.00. The number of nitrogens with zero attached hydrogens (tertiary/aromatic N) is 3. The molecule has 1 aliphatic rings. The summed E-state index contributed by atoms with van der Waals surface area (Å²) >= 11 is 0. The molecule has 6 nitrogen and oxygen atoms in total. The van der Waals surface area contributed by atoms with Crippen molar-refractivity contribution in [2.45, 2.75) is 31.1 Å². The van der Waals surface area contributed by atoms with Crippen LogP contribution in [0.4, 0.5) is 5.82 Å². The average Bonchev–Trinajstić information content (AvgIpc) is 2.72. The summed E-state index contributed by atoms with van der Waals surface area (Å²) in [5.74, 6) is 0.996. The van der Waals surface area contributed by atoms with Gasteiger partial charge >= 0.3 is 0 Å². The van der Waals surface area contributed by atoms with E-state index in [0.29, 0.717) is 17.0 Å². The second kappa shape index (κ2) is 8.51. The Morgan fingerprint density at radius 2 is 1.93 bits per heavy atom. The second-order valence-electron chi connectivity index (χ2n) is 6.77. The number of aryl methyl sites for hydroxylation is 1. The Bertz CT molecular complexity index is 912. The number of pyridine rings is 1. The molecule has 7 heteroatoms. The fraction of sp³-hybridized carbons (Fsp3) is 0.400. The predicted molar refractivity (Wildman–Crippen MR) is 105 cm³/mol. The number of anilines is 1. The van der Waals surface area contributed by atoms with Gasteiger partial charge in [0.25, 0.3) is 0 Å². The van der Waals surface area contributed by atoms with Gasteiger partial charge in [-0.15, -0.1) is 0 Å². The van der Waals surface area contributed by atoms with Crippen molar-refractivity contribution in [2.75, 3.05) is 24.5 Å². The lowest BCUT2D eigenvalue weighted by atomic mass is 9.97. The second-order valence-corrected chi connectivity index (χ2v) is 8.53. The van der Waals surface area contributed by atoms with Crippen LogP contribution in [-0.4, -0.2) is 33.0 Å². The van der Waals surface area contributed by atoms with Crippen LogP contribution < -0.4 is 9.62 Å². The SMILES string of the molecule is CCc1ccc(S(=O)(=O)NCC2CCN(c3ncccc3C#N)CC2)cc1. The minimum Gasteiger partial charge on any atom is -0.356 e. The topological polar surface area (TPSA) is 86.1 Å². The molecule has 1 fully saturated rings. The fourth-order valence-electron chi connectivity index (χ4n) is 3.30. The third-order valence-corrected chi connectivity index (χ3v) is 6.46. The zero-order valence-electron chi connectivity index (χ0n) is 15.4. The average molecular weight is 385 g/mol. The van der Waals surface area contributed by atoms with Gasteiger partial charge in [-0.25, -0.2) is 18.1 Å². The first kappa shape index (κ1) is 19.3. The molecule has 0 spiro atoms. The predicted octanol–water partition coefficient (Wildman–Crippen LogP) is 2.71. The molecule has 1 aliphatic heterocycles. The molecule has 0 atom stereocenters. The van der Waals surface area contributed by atoms with E-state index in [1.54, 1.807) is 30.5 Å². The summed E-state index contributed by atoms with van der Waals surface area (Å²) in [4.78, 5) is 6.74. The zero-order chi connectivity index (χ0) is 19.3. The van der Waals surface area contributed by atoms with E-state index in [2.05, 4.69) is 20.7 Å². The highest BCUT2D eigenvalue weighted by Gasteiger charge is 2.23. The van der Waals surface area contributed by atoms with Crippen LogP contribution in [0.5, 0.6) is 0 Å². The van der Waals surface area contributed by atoms with Crippen LogP contribution >= 0.6 is 0 Å². The molecule has 1 aromatic carbocycles. The third kappa shape index (κ3) is 4.65. The Morgan fingerprint density at radius 1 is 1.22 bits per heavy atom. The van der Waals surface area contributed by atoms with Crippen molar-refractivity contribution in [1.82, 2.24) is 9.71 Å². The summed E-state index contributed by atoms with van der Waals surface area (Å²) in [6.07, 6.45) is 4.30. The molecule has 3 rings (SSSR count). The fourth-order valence-corrected chi connectivity index (χ4v) is 4.42. The molecule has 0 amide bonds. The maximum absolute atomic E-state index is 12.5. The molecule has 1 aromatic heterocycles. The van der Waals surface area contributed by atoms with E-state index in [1.807, 2.05) is 19.1 Å². The normalized spacial score (nSPS) is 15.5. The van der Waals surface area contributed by atoms with E-state index < -0.39 is 10.0 Å². The van der Waals surface area contributed by atoms with E-state index in [9.17, 15) is 13.7 Å². The number of piperidine rings is 1. The zero-order valence-corrected chi connectivity index (χ0v) is 16.2. The number of benzene rings is 1. The smallest absolute Gasteiger partial charge is 0.240 e. The molecular formula is C20H24N4O2S. The van der Waals surface area contributed by atoms with Crippen LogP contribution in [-0.2, 0) is 16.4 Å². The van der Waals surface area contributed by atoms with Crippen molar-refractivity contribution < 1.29 is 8.42 Å². The van der Waals surface area contributed by atoms with E-state index in [1.165, 1.54) is 0 Å².